The first-order valence-corrected chi connectivity index (χ1v) is 14.4. The van der Waals surface area contributed by atoms with Crippen LogP contribution in [0.3, 0.4) is 0 Å². The summed E-state index contributed by atoms with van der Waals surface area (Å²) >= 11 is 12.6. The van der Waals surface area contributed by atoms with E-state index >= 15 is 0 Å². The summed E-state index contributed by atoms with van der Waals surface area (Å²) < 4.78 is 0. The van der Waals surface area contributed by atoms with Gasteiger partial charge in [0.2, 0.25) is 0 Å². The molecule has 1 spiro atoms. The molecule has 0 radical (unpaired) electrons. The van der Waals surface area contributed by atoms with Gasteiger partial charge in [0, 0.05) is 40.1 Å². The maximum absolute atomic E-state index is 14.2. The monoisotopic (exact) mass is 593 g/mol. The van der Waals surface area contributed by atoms with E-state index in [1.165, 1.54) is 0 Å². The molecule has 4 rings (SSSR count). The molecule has 2 aromatic carbocycles. The van der Waals surface area contributed by atoms with Crippen molar-refractivity contribution in [3.8, 4) is 0 Å². The molecule has 1 atom stereocenters. The topological polar surface area (TPSA) is 102 Å². The molecule has 0 bridgehead atoms. The Balaban J connectivity index is 0.00000441. The van der Waals surface area contributed by atoms with Crippen molar-refractivity contribution in [2.24, 2.45) is 10.9 Å². The van der Waals surface area contributed by atoms with Gasteiger partial charge in [0.05, 0.1) is 6.04 Å². The predicted octanol–water partition coefficient (Wildman–Crippen LogP) is 2.34. The molecule has 7 nitrogen and oxygen atoms in total. The molecule has 10 heteroatoms. The SMILES string of the molecule is CCC[C@H](c1ccc(C(=O)NCCC(=O)[O-])cc1)N1C(=O)C(c2cc(Cl)cc(Cl)c2)=NC12CCC(CC)CC2.[Na+]. The van der Waals surface area contributed by atoms with Crippen molar-refractivity contribution in [3.63, 3.8) is 0 Å². The van der Waals surface area contributed by atoms with Gasteiger partial charge >= 0.3 is 29.6 Å². The quantitative estimate of drug-likeness (QED) is 0.427. The van der Waals surface area contributed by atoms with Gasteiger partial charge in [0.15, 0.2) is 0 Å². The van der Waals surface area contributed by atoms with E-state index in [9.17, 15) is 19.5 Å². The van der Waals surface area contributed by atoms with Crippen LogP contribution in [0, 0.1) is 5.92 Å². The van der Waals surface area contributed by atoms with E-state index in [4.69, 9.17) is 28.2 Å². The molecular weight excluding hydrogens is 560 g/mol. The minimum Gasteiger partial charge on any atom is -0.550 e. The third-order valence-corrected chi connectivity index (χ3v) is 8.29. The number of nitrogens with zero attached hydrogens (tertiary/aromatic N) is 2. The fourth-order valence-electron chi connectivity index (χ4n) is 5.78. The zero-order valence-corrected chi connectivity index (χ0v) is 26.9. The van der Waals surface area contributed by atoms with Gasteiger partial charge in [-0.3, -0.25) is 14.6 Å². The molecule has 1 N–H and O–H groups in total. The smallest absolute Gasteiger partial charge is 0.550 e. The molecule has 0 aromatic heterocycles. The van der Waals surface area contributed by atoms with E-state index in [0.29, 0.717) is 32.8 Å². The van der Waals surface area contributed by atoms with E-state index in [2.05, 4.69) is 19.2 Å². The van der Waals surface area contributed by atoms with Crippen LogP contribution in [0.4, 0.5) is 0 Å². The fraction of sp³-hybridized carbons (Fsp3) is 0.467. The summed E-state index contributed by atoms with van der Waals surface area (Å²) in [4.78, 5) is 44.4. The zero-order chi connectivity index (χ0) is 28.2. The normalized spacial score (nSPS) is 21.1. The van der Waals surface area contributed by atoms with Crippen molar-refractivity contribution in [1.29, 1.82) is 0 Å². The van der Waals surface area contributed by atoms with Crippen LogP contribution in [0.1, 0.15) is 92.7 Å². The average molecular weight is 595 g/mol. The first kappa shape index (κ1) is 32.6. The summed E-state index contributed by atoms with van der Waals surface area (Å²) in [6, 6.07) is 12.1. The number of amides is 2. The minimum atomic E-state index is -1.22. The summed E-state index contributed by atoms with van der Waals surface area (Å²) in [5, 5.41) is 14.1. The third-order valence-electron chi connectivity index (χ3n) is 7.86. The number of rotatable bonds is 10. The maximum Gasteiger partial charge on any atom is 1.00 e. The number of hydrogen-bond acceptors (Lipinski definition) is 5. The van der Waals surface area contributed by atoms with E-state index in [1.807, 2.05) is 17.0 Å². The standard InChI is InChI=1S/C30H35Cl2N3O4.Na/c1-3-5-25(20-6-8-21(9-7-20)28(38)33-15-12-26(36)37)35-29(39)27(22-16-23(31)18-24(32)17-22)34-30(35)13-10-19(4-2)11-14-30;/h6-9,16-19,25H,3-5,10-15H2,1-2H3,(H,33,38)(H,36,37);/q;+1/p-1/t19?,25-,30?;/m1./s1. The Hall–Kier alpha value is -1.90. The molecule has 1 fully saturated rings. The molecule has 2 aliphatic rings. The van der Waals surface area contributed by atoms with Gasteiger partial charge in [-0.25, -0.2) is 0 Å². The molecule has 1 aliphatic heterocycles. The predicted molar refractivity (Wildman–Crippen MR) is 151 cm³/mol. The van der Waals surface area contributed by atoms with Gasteiger partial charge in [-0.05, 0) is 73.9 Å². The molecule has 0 unspecified atom stereocenters. The van der Waals surface area contributed by atoms with E-state index in [0.717, 1.165) is 50.5 Å². The number of carbonyl (C=O) groups excluding carboxylic acids is 3. The fourth-order valence-corrected chi connectivity index (χ4v) is 6.31. The minimum absolute atomic E-state index is 0. The zero-order valence-electron chi connectivity index (χ0n) is 23.3. The Morgan fingerprint density at radius 2 is 1.73 bits per heavy atom. The summed E-state index contributed by atoms with van der Waals surface area (Å²) in [5.41, 5.74) is 1.71. The number of halogens is 2. The summed E-state index contributed by atoms with van der Waals surface area (Å²) in [7, 11) is 0. The largest absolute Gasteiger partial charge is 1.00 e. The van der Waals surface area contributed by atoms with E-state index < -0.39 is 11.6 Å². The maximum atomic E-state index is 14.2. The van der Waals surface area contributed by atoms with Gasteiger partial charge in [-0.1, -0.05) is 62.0 Å². The molecule has 2 amide bonds. The molecule has 0 saturated heterocycles. The number of carboxylic acids is 1. The van der Waals surface area contributed by atoms with Crippen LogP contribution in [0.25, 0.3) is 0 Å². The Morgan fingerprint density at radius 3 is 2.27 bits per heavy atom. The van der Waals surface area contributed by atoms with Crippen molar-refractivity contribution in [2.45, 2.75) is 76.9 Å². The number of hydrogen-bond donors (Lipinski definition) is 1. The molecule has 1 heterocycles. The molecule has 208 valence electrons. The van der Waals surface area contributed by atoms with Crippen molar-refractivity contribution < 1.29 is 49.0 Å². The number of aliphatic imine (C=N–C) groups is 1. The Morgan fingerprint density at radius 1 is 1.10 bits per heavy atom. The van der Waals surface area contributed by atoms with E-state index in [-0.39, 0.29) is 60.4 Å². The third kappa shape index (κ3) is 7.29. The number of benzene rings is 2. The first-order chi connectivity index (χ1) is 18.7. The second kappa shape index (κ2) is 14.3. The summed E-state index contributed by atoms with van der Waals surface area (Å²) in [6.45, 7) is 4.30. The Kier molecular flexibility index (Phi) is 11.7. The van der Waals surface area contributed by atoms with Crippen LogP contribution in [0.5, 0.6) is 0 Å². The number of carboxylic acid groups (broad SMARTS) is 1. The molecule has 1 aliphatic carbocycles. The van der Waals surface area contributed by atoms with Crippen molar-refractivity contribution >= 4 is 46.7 Å². The van der Waals surface area contributed by atoms with Crippen LogP contribution in [-0.2, 0) is 9.59 Å². The number of nitrogens with one attached hydrogen (secondary N) is 1. The van der Waals surface area contributed by atoms with Crippen LogP contribution in [0.2, 0.25) is 10.0 Å². The average Bonchev–Trinajstić information content (AvgIpc) is 3.18. The van der Waals surface area contributed by atoms with Crippen molar-refractivity contribution in [2.75, 3.05) is 6.54 Å². The second-order valence-electron chi connectivity index (χ2n) is 10.4. The molecule has 40 heavy (non-hydrogen) atoms. The Labute approximate surface area is 268 Å². The molecular formula is C30H34Cl2N3NaO4. The van der Waals surface area contributed by atoms with Gasteiger partial charge in [-0.2, -0.15) is 0 Å². The van der Waals surface area contributed by atoms with Crippen LogP contribution < -0.4 is 40.0 Å². The van der Waals surface area contributed by atoms with E-state index in [1.54, 1.807) is 30.3 Å². The van der Waals surface area contributed by atoms with Crippen molar-refractivity contribution in [1.82, 2.24) is 10.2 Å². The van der Waals surface area contributed by atoms with Crippen molar-refractivity contribution in [3.05, 3.63) is 69.2 Å². The van der Waals surface area contributed by atoms with Gasteiger partial charge in [0.1, 0.15) is 11.4 Å². The van der Waals surface area contributed by atoms with Crippen LogP contribution >= 0.6 is 23.2 Å². The number of aliphatic carboxylic acids is 1. The summed E-state index contributed by atoms with van der Waals surface area (Å²) in [6.07, 6.45) is 6.01. The molecule has 2 aromatic rings. The first-order valence-electron chi connectivity index (χ1n) is 13.7. The molecule has 1 saturated carbocycles. The van der Waals surface area contributed by atoms with Gasteiger partial charge < -0.3 is 20.1 Å². The number of carbonyl (C=O) groups is 3. The second-order valence-corrected chi connectivity index (χ2v) is 11.3. The van der Waals surface area contributed by atoms with Crippen LogP contribution in [0.15, 0.2) is 47.5 Å². The van der Waals surface area contributed by atoms with Gasteiger partial charge in [-0.15, -0.1) is 0 Å². The summed E-state index contributed by atoms with van der Waals surface area (Å²) in [5.74, 6) is -1.09. The Bertz CT molecular complexity index is 1240. The van der Waals surface area contributed by atoms with Crippen LogP contribution in [-0.4, -0.2) is 40.6 Å². The van der Waals surface area contributed by atoms with Gasteiger partial charge in [0.25, 0.3) is 11.8 Å².